The molecule has 0 saturated carbocycles. The van der Waals surface area contributed by atoms with E-state index in [9.17, 15) is 13.2 Å². The topological polar surface area (TPSA) is 125 Å². The number of aldehydes is 1. The minimum atomic E-state index is -3.92. The second kappa shape index (κ2) is 11.2. The van der Waals surface area contributed by atoms with Gasteiger partial charge in [-0.2, -0.15) is 0 Å². The fraction of sp³-hybridized carbons (Fsp3) is 0.286. The zero-order chi connectivity index (χ0) is 28.2. The predicted molar refractivity (Wildman–Crippen MR) is 148 cm³/mol. The molecule has 10 nitrogen and oxygen atoms in total. The van der Waals surface area contributed by atoms with Crippen LogP contribution in [-0.2, 0) is 22.5 Å². The quantitative estimate of drug-likeness (QED) is 0.226. The minimum Gasteiger partial charge on any atom is -0.472 e. The lowest BCUT2D eigenvalue weighted by Gasteiger charge is -2.19. The molecule has 0 saturated heterocycles. The molecule has 2 heterocycles. The number of nitrogens with one attached hydrogen (secondary N) is 1. The van der Waals surface area contributed by atoms with Crippen LogP contribution in [0.25, 0.3) is 11.1 Å². The van der Waals surface area contributed by atoms with Crippen molar-refractivity contribution in [3.63, 3.8) is 0 Å². The Morgan fingerprint density at radius 2 is 1.56 bits per heavy atom. The number of carbonyl (C=O) groups excluding carboxylic acids is 1. The lowest BCUT2D eigenvalue weighted by atomic mass is 9.87. The number of hydrogen-bond acceptors (Lipinski definition) is 8. The van der Waals surface area contributed by atoms with Crippen molar-refractivity contribution in [1.29, 1.82) is 0 Å². The molecule has 0 aliphatic rings. The Labute approximate surface area is 228 Å². The van der Waals surface area contributed by atoms with E-state index < -0.39 is 10.0 Å². The number of anilines is 1. The van der Waals surface area contributed by atoms with Gasteiger partial charge in [-0.1, -0.05) is 62.7 Å². The van der Waals surface area contributed by atoms with Gasteiger partial charge < -0.3 is 9.47 Å². The first-order valence-corrected chi connectivity index (χ1v) is 13.8. The Balaban J connectivity index is 1.58. The molecule has 2 aromatic carbocycles. The molecule has 11 heteroatoms. The SMILES string of the molecule is Cc1ccc(-c2c(OCCOc3ncc(C=O)cn3)nn(C)c2NS(=O)(=O)c2ccc(C(C)(C)C)cc2)cc1. The van der Waals surface area contributed by atoms with Gasteiger partial charge in [0.2, 0.25) is 5.88 Å². The van der Waals surface area contributed by atoms with E-state index in [1.165, 1.54) is 17.1 Å². The molecule has 0 aliphatic carbocycles. The molecule has 4 aromatic rings. The zero-order valence-corrected chi connectivity index (χ0v) is 23.3. The summed E-state index contributed by atoms with van der Waals surface area (Å²) in [7, 11) is -2.28. The molecule has 204 valence electrons. The summed E-state index contributed by atoms with van der Waals surface area (Å²) in [5.74, 6) is 0.505. The van der Waals surface area contributed by atoms with E-state index in [1.807, 2.05) is 43.3 Å². The maximum absolute atomic E-state index is 13.4. The molecule has 1 N–H and O–H groups in total. The van der Waals surface area contributed by atoms with Crippen LogP contribution in [0, 0.1) is 6.92 Å². The molecular weight excluding hydrogens is 518 g/mol. The Kier molecular flexibility index (Phi) is 8.01. The van der Waals surface area contributed by atoms with E-state index in [0.29, 0.717) is 17.4 Å². The molecule has 0 bridgehead atoms. The number of hydrogen-bond donors (Lipinski definition) is 1. The molecule has 2 aromatic heterocycles. The van der Waals surface area contributed by atoms with Gasteiger partial charge in [0.05, 0.1) is 16.0 Å². The summed E-state index contributed by atoms with van der Waals surface area (Å²) in [5, 5.41) is 4.44. The van der Waals surface area contributed by atoms with Crippen LogP contribution < -0.4 is 14.2 Å². The molecular formula is C28H31N5O5S. The summed E-state index contributed by atoms with van der Waals surface area (Å²) in [4.78, 5) is 18.8. The summed E-state index contributed by atoms with van der Waals surface area (Å²) < 4.78 is 42.3. The van der Waals surface area contributed by atoms with Crippen molar-refractivity contribution in [3.8, 4) is 23.0 Å². The highest BCUT2D eigenvalue weighted by molar-refractivity contribution is 7.92. The van der Waals surface area contributed by atoms with E-state index in [1.54, 1.807) is 19.2 Å². The molecule has 0 radical (unpaired) electrons. The van der Waals surface area contributed by atoms with Gasteiger partial charge in [-0.25, -0.2) is 23.1 Å². The number of sulfonamides is 1. The number of rotatable bonds is 10. The second-order valence-electron chi connectivity index (χ2n) is 10.0. The third kappa shape index (κ3) is 6.61. The fourth-order valence-electron chi connectivity index (χ4n) is 3.75. The first-order valence-electron chi connectivity index (χ1n) is 12.3. The summed E-state index contributed by atoms with van der Waals surface area (Å²) in [6.45, 7) is 8.38. The predicted octanol–water partition coefficient (Wildman–Crippen LogP) is 4.55. The highest BCUT2D eigenvalue weighted by atomic mass is 32.2. The van der Waals surface area contributed by atoms with Crippen molar-refractivity contribution < 1.29 is 22.7 Å². The lowest BCUT2D eigenvalue weighted by Crippen LogP contribution is -2.17. The normalized spacial score (nSPS) is 11.7. The number of aryl methyl sites for hydroxylation is 2. The number of nitrogens with zero attached hydrogens (tertiary/aromatic N) is 4. The molecule has 0 atom stereocenters. The molecule has 39 heavy (non-hydrogen) atoms. The van der Waals surface area contributed by atoms with Crippen LogP contribution in [0.3, 0.4) is 0 Å². The molecule has 0 unspecified atom stereocenters. The van der Waals surface area contributed by atoms with Gasteiger partial charge in [0.25, 0.3) is 10.0 Å². The van der Waals surface area contributed by atoms with Crippen molar-refractivity contribution >= 4 is 22.1 Å². The molecule has 0 amide bonds. The van der Waals surface area contributed by atoms with Crippen LogP contribution in [0.15, 0.2) is 65.8 Å². The Morgan fingerprint density at radius 3 is 2.15 bits per heavy atom. The number of ether oxygens (including phenoxy) is 2. The van der Waals surface area contributed by atoms with Crippen molar-refractivity contribution in [3.05, 3.63) is 77.6 Å². The maximum Gasteiger partial charge on any atom is 0.316 e. The summed E-state index contributed by atoms with van der Waals surface area (Å²) in [6, 6.07) is 14.6. The van der Waals surface area contributed by atoms with Crippen LogP contribution in [0.5, 0.6) is 11.9 Å². The van der Waals surface area contributed by atoms with Gasteiger partial charge in [0, 0.05) is 19.4 Å². The summed E-state index contributed by atoms with van der Waals surface area (Å²) in [5.41, 5.74) is 3.56. The van der Waals surface area contributed by atoms with E-state index >= 15 is 0 Å². The van der Waals surface area contributed by atoms with Gasteiger partial charge in [-0.05, 0) is 35.6 Å². The summed E-state index contributed by atoms with van der Waals surface area (Å²) in [6.07, 6.45) is 3.37. The van der Waals surface area contributed by atoms with Gasteiger partial charge >= 0.3 is 6.01 Å². The first-order chi connectivity index (χ1) is 18.5. The number of carbonyl (C=O) groups is 1. The lowest BCUT2D eigenvalue weighted by molar-refractivity contribution is 0.112. The first kappa shape index (κ1) is 27.8. The Hall–Kier alpha value is -4.25. The standard InChI is InChI=1S/C28H31N5O5S/c1-19-6-8-21(9-7-19)24-25(32-39(35,36)23-12-10-22(11-13-23)28(2,3)4)33(5)31-26(24)37-14-15-38-27-29-16-20(18-34)17-30-27/h6-13,16-18,32H,14-15H2,1-5H3. The third-order valence-corrected chi connectivity index (χ3v) is 7.31. The third-order valence-electron chi connectivity index (χ3n) is 5.95. The van der Waals surface area contributed by atoms with E-state index in [2.05, 4.69) is 40.6 Å². The van der Waals surface area contributed by atoms with E-state index in [-0.39, 0.29) is 41.2 Å². The largest absolute Gasteiger partial charge is 0.472 e. The van der Waals surface area contributed by atoms with Gasteiger partial charge in [0.15, 0.2) is 6.29 Å². The van der Waals surface area contributed by atoms with Crippen LogP contribution in [0.2, 0.25) is 0 Å². The minimum absolute atomic E-state index is 0.0924. The van der Waals surface area contributed by atoms with Crippen molar-refractivity contribution in [2.75, 3.05) is 17.9 Å². The van der Waals surface area contributed by atoms with Crippen LogP contribution in [0.4, 0.5) is 5.82 Å². The van der Waals surface area contributed by atoms with Crippen LogP contribution >= 0.6 is 0 Å². The summed E-state index contributed by atoms with van der Waals surface area (Å²) >= 11 is 0. The fourth-order valence-corrected chi connectivity index (χ4v) is 4.85. The highest BCUT2D eigenvalue weighted by Crippen LogP contribution is 2.38. The maximum atomic E-state index is 13.4. The number of aromatic nitrogens is 4. The van der Waals surface area contributed by atoms with E-state index in [4.69, 9.17) is 9.47 Å². The Morgan fingerprint density at radius 1 is 0.949 bits per heavy atom. The monoisotopic (exact) mass is 549 g/mol. The van der Waals surface area contributed by atoms with Gasteiger partial charge in [-0.3, -0.25) is 9.52 Å². The zero-order valence-electron chi connectivity index (χ0n) is 22.5. The smallest absolute Gasteiger partial charge is 0.316 e. The van der Waals surface area contributed by atoms with Crippen molar-refractivity contribution in [2.45, 2.75) is 38.0 Å². The average Bonchev–Trinajstić information content (AvgIpc) is 3.21. The van der Waals surface area contributed by atoms with E-state index in [0.717, 1.165) is 16.7 Å². The molecule has 0 spiro atoms. The highest BCUT2D eigenvalue weighted by Gasteiger charge is 2.25. The Bertz CT molecular complexity index is 1540. The van der Waals surface area contributed by atoms with Gasteiger partial charge in [-0.15, -0.1) is 5.10 Å². The van der Waals surface area contributed by atoms with Crippen LogP contribution in [0.1, 0.15) is 42.3 Å². The molecule has 4 rings (SSSR count). The molecule has 0 aliphatic heterocycles. The number of benzene rings is 2. The second-order valence-corrected chi connectivity index (χ2v) is 11.7. The average molecular weight is 550 g/mol. The van der Waals surface area contributed by atoms with Crippen molar-refractivity contribution in [2.24, 2.45) is 7.05 Å². The van der Waals surface area contributed by atoms with Crippen LogP contribution in [-0.4, -0.2) is 47.7 Å². The molecule has 0 fully saturated rings. The van der Waals surface area contributed by atoms with Crippen molar-refractivity contribution in [1.82, 2.24) is 19.7 Å². The van der Waals surface area contributed by atoms with Gasteiger partial charge in [0.1, 0.15) is 19.0 Å².